The van der Waals surface area contributed by atoms with Crippen molar-refractivity contribution in [2.45, 2.75) is 30.3 Å². The summed E-state index contributed by atoms with van der Waals surface area (Å²) in [5.74, 6) is -0.406. The number of hydrogen-bond donors (Lipinski definition) is 2. The molecule has 0 fully saturated rings. The summed E-state index contributed by atoms with van der Waals surface area (Å²) in [6.07, 6.45) is 0.215. The fourth-order valence-corrected chi connectivity index (χ4v) is 4.64. The second kappa shape index (κ2) is 10.4. The number of rotatable bonds is 8. The van der Waals surface area contributed by atoms with E-state index in [0.29, 0.717) is 5.02 Å². The van der Waals surface area contributed by atoms with Crippen molar-refractivity contribution >= 4 is 43.5 Å². The van der Waals surface area contributed by atoms with E-state index < -0.39 is 22.0 Å². The van der Waals surface area contributed by atoms with Crippen LogP contribution in [0.25, 0.3) is 0 Å². The van der Waals surface area contributed by atoms with Crippen molar-refractivity contribution in [3.8, 4) is 0 Å². The topological polar surface area (TPSA) is 75.3 Å². The minimum absolute atomic E-state index is 0.0451. The molecule has 0 aliphatic heterocycles. The van der Waals surface area contributed by atoms with E-state index in [0.717, 1.165) is 15.6 Å². The molecule has 0 radical (unpaired) electrons. The molecule has 3 aromatic carbocycles. The van der Waals surface area contributed by atoms with Crippen LogP contribution in [0.15, 0.2) is 88.2 Å². The first-order valence-corrected chi connectivity index (χ1v) is 12.3. The molecule has 0 aromatic heterocycles. The van der Waals surface area contributed by atoms with E-state index >= 15 is 0 Å². The Kier molecular flexibility index (Phi) is 7.89. The van der Waals surface area contributed by atoms with Crippen LogP contribution in [0.3, 0.4) is 0 Å². The fourth-order valence-electron chi connectivity index (χ4n) is 3.06. The van der Waals surface area contributed by atoms with E-state index in [2.05, 4.69) is 26.0 Å². The number of carbonyl (C=O) groups is 1. The van der Waals surface area contributed by atoms with Crippen LogP contribution in [-0.2, 0) is 21.2 Å². The molecular weight excluding hydrogens is 500 g/mol. The SMILES string of the molecule is C[C@H](NC(=O)[C@H](Cc1ccccc1)NS(=O)(=O)c1ccc(Cl)cc1)c1ccc(Br)cc1. The second-order valence-electron chi connectivity index (χ2n) is 7.10. The quantitative estimate of drug-likeness (QED) is 0.444. The molecule has 2 N–H and O–H groups in total. The number of amides is 1. The molecule has 0 unspecified atom stereocenters. The normalized spacial score (nSPS) is 13.4. The molecule has 31 heavy (non-hydrogen) atoms. The first-order valence-electron chi connectivity index (χ1n) is 9.62. The van der Waals surface area contributed by atoms with Gasteiger partial charge in [-0.05, 0) is 60.9 Å². The van der Waals surface area contributed by atoms with Crippen LogP contribution in [0, 0.1) is 0 Å². The lowest BCUT2D eigenvalue weighted by Gasteiger charge is -2.22. The third-order valence-electron chi connectivity index (χ3n) is 4.75. The molecule has 5 nitrogen and oxygen atoms in total. The second-order valence-corrected chi connectivity index (χ2v) is 10.2. The van der Waals surface area contributed by atoms with E-state index in [-0.39, 0.29) is 17.4 Å². The molecule has 0 heterocycles. The van der Waals surface area contributed by atoms with Gasteiger partial charge in [-0.25, -0.2) is 8.42 Å². The Hall–Kier alpha value is -2.19. The van der Waals surface area contributed by atoms with Crippen LogP contribution < -0.4 is 10.0 Å². The number of sulfonamides is 1. The van der Waals surface area contributed by atoms with Gasteiger partial charge < -0.3 is 5.32 Å². The Bertz CT molecular complexity index is 1120. The molecular formula is C23H22BrClN2O3S. The molecule has 162 valence electrons. The first kappa shape index (κ1) is 23.5. The molecule has 3 rings (SSSR count). The van der Waals surface area contributed by atoms with Crippen molar-refractivity contribution < 1.29 is 13.2 Å². The Labute approximate surface area is 196 Å². The van der Waals surface area contributed by atoms with Gasteiger partial charge in [0.25, 0.3) is 0 Å². The predicted molar refractivity (Wildman–Crippen MR) is 126 cm³/mol. The highest BCUT2D eigenvalue weighted by Crippen LogP contribution is 2.18. The summed E-state index contributed by atoms with van der Waals surface area (Å²) in [5, 5.41) is 3.35. The van der Waals surface area contributed by atoms with Crippen LogP contribution in [0.5, 0.6) is 0 Å². The van der Waals surface area contributed by atoms with Gasteiger partial charge in [-0.3, -0.25) is 4.79 Å². The summed E-state index contributed by atoms with van der Waals surface area (Å²) in [7, 11) is -3.92. The largest absolute Gasteiger partial charge is 0.348 e. The van der Waals surface area contributed by atoms with Crippen molar-refractivity contribution in [3.63, 3.8) is 0 Å². The molecule has 3 aromatic rings. The molecule has 2 atom stereocenters. The molecule has 0 aliphatic rings. The molecule has 0 spiro atoms. The molecule has 0 saturated carbocycles. The van der Waals surface area contributed by atoms with Gasteiger partial charge in [-0.1, -0.05) is 70.0 Å². The number of halogens is 2. The van der Waals surface area contributed by atoms with Crippen LogP contribution in [0.4, 0.5) is 0 Å². The number of carbonyl (C=O) groups excluding carboxylic acids is 1. The van der Waals surface area contributed by atoms with Gasteiger partial charge >= 0.3 is 0 Å². The summed E-state index contributed by atoms with van der Waals surface area (Å²) >= 11 is 9.26. The average Bonchev–Trinajstić information content (AvgIpc) is 2.74. The van der Waals surface area contributed by atoms with Crippen molar-refractivity contribution in [2.75, 3.05) is 0 Å². The monoisotopic (exact) mass is 520 g/mol. The Morgan fingerprint density at radius 2 is 1.58 bits per heavy atom. The highest BCUT2D eigenvalue weighted by Gasteiger charge is 2.27. The number of hydrogen-bond acceptors (Lipinski definition) is 3. The molecule has 0 bridgehead atoms. The lowest BCUT2D eigenvalue weighted by Crippen LogP contribution is -2.48. The lowest BCUT2D eigenvalue weighted by molar-refractivity contribution is -0.123. The van der Waals surface area contributed by atoms with Gasteiger partial charge in [-0.2, -0.15) is 4.72 Å². The third kappa shape index (κ3) is 6.64. The Balaban J connectivity index is 1.82. The van der Waals surface area contributed by atoms with Gasteiger partial charge in [-0.15, -0.1) is 0 Å². The zero-order chi connectivity index (χ0) is 22.4. The molecule has 8 heteroatoms. The summed E-state index contributed by atoms with van der Waals surface area (Å²) in [4.78, 5) is 13.1. The minimum Gasteiger partial charge on any atom is -0.348 e. The van der Waals surface area contributed by atoms with Gasteiger partial charge in [0.15, 0.2) is 0 Å². The van der Waals surface area contributed by atoms with Crippen molar-refractivity contribution in [1.82, 2.24) is 10.0 Å². The first-order chi connectivity index (χ1) is 14.7. The molecule has 1 amide bonds. The highest BCUT2D eigenvalue weighted by molar-refractivity contribution is 9.10. The van der Waals surface area contributed by atoms with E-state index in [1.54, 1.807) is 0 Å². The molecule has 0 saturated heterocycles. The van der Waals surface area contributed by atoms with Crippen LogP contribution in [0.2, 0.25) is 5.02 Å². The predicted octanol–water partition coefficient (Wildman–Crippen LogP) is 4.87. The van der Waals surface area contributed by atoms with Crippen molar-refractivity contribution in [2.24, 2.45) is 0 Å². The van der Waals surface area contributed by atoms with Gasteiger partial charge in [0.1, 0.15) is 6.04 Å². The van der Waals surface area contributed by atoms with Crippen LogP contribution in [-0.4, -0.2) is 20.4 Å². The lowest BCUT2D eigenvalue weighted by atomic mass is 10.0. The van der Waals surface area contributed by atoms with Gasteiger partial charge in [0.2, 0.25) is 15.9 Å². The summed E-state index contributed by atoms with van der Waals surface area (Å²) in [6.45, 7) is 1.86. The maximum Gasteiger partial charge on any atom is 0.241 e. The van der Waals surface area contributed by atoms with Crippen LogP contribution in [0.1, 0.15) is 24.1 Å². The maximum absolute atomic E-state index is 13.1. The zero-order valence-corrected chi connectivity index (χ0v) is 19.9. The zero-order valence-electron chi connectivity index (χ0n) is 16.8. The standard InChI is InChI=1S/C23H22BrClN2O3S/c1-16(18-7-9-19(24)10-8-18)26-23(28)22(15-17-5-3-2-4-6-17)27-31(29,30)21-13-11-20(25)12-14-21/h2-14,16,22,27H,15H2,1H3,(H,26,28)/t16-,22-/m0/s1. The summed E-state index contributed by atoms with van der Waals surface area (Å²) in [5.41, 5.74) is 1.76. The van der Waals surface area contributed by atoms with E-state index in [1.807, 2.05) is 61.5 Å². The van der Waals surface area contributed by atoms with E-state index in [9.17, 15) is 13.2 Å². The minimum atomic E-state index is -3.92. The maximum atomic E-state index is 13.1. The Morgan fingerprint density at radius 1 is 0.968 bits per heavy atom. The van der Waals surface area contributed by atoms with Crippen LogP contribution >= 0.6 is 27.5 Å². The highest BCUT2D eigenvalue weighted by atomic mass is 79.9. The average molecular weight is 522 g/mol. The Morgan fingerprint density at radius 3 is 2.19 bits per heavy atom. The van der Waals surface area contributed by atoms with Crippen molar-refractivity contribution in [3.05, 3.63) is 99.5 Å². The molecule has 0 aliphatic carbocycles. The smallest absolute Gasteiger partial charge is 0.241 e. The van der Waals surface area contributed by atoms with Crippen molar-refractivity contribution in [1.29, 1.82) is 0 Å². The summed E-state index contributed by atoms with van der Waals surface area (Å²) in [6, 6.07) is 21.4. The van der Waals surface area contributed by atoms with Gasteiger partial charge in [0, 0.05) is 9.50 Å². The number of benzene rings is 3. The fraction of sp³-hybridized carbons (Fsp3) is 0.174. The third-order valence-corrected chi connectivity index (χ3v) is 7.02. The summed E-state index contributed by atoms with van der Waals surface area (Å²) < 4.78 is 29.3. The van der Waals surface area contributed by atoms with E-state index in [1.165, 1.54) is 24.3 Å². The van der Waals surface area contributed by atoms with E-state index in [4.69, 9.17) is 11.6 Å². The van der Waals surface area contributed by atoms with Gasteiger partial charge in [0.05, 0.1) is 10.9 Å². The number of nitrogens with one attached hydrogen (secondary N) is 2.